The molecule has 1 aliphatic rings. The molecule has 0 amide bonds. The molecule has 0 unspecified atom stereocenters. The van der Waals surface area contributed by atoms with Crippen LogP contribution in [0.1, 0.15) is 0 Å². The summed E-state index contributed by atoms with van der Waals surface area (Å²) >= 11 is 0. The van der Waals surface area contributed by atoms with E-state index < -0.39 is 7.14 Å². The van der Waals surface area contributed by atoms with Crippen molar-refractivity contribution in [3.8, 4) is 33.4 Å². The third-order valence-electron chi connectivity index (χ3n) is 11.1. The van der Waals surface area contributed by atoms with E-state index in [9.17, 15) is 0 Å². The monoisotopic (exact) mass is 762 g/mol. The Morgan fingerprint density at radius 3 is 0.879 bits per heavy atom. The second-order valence-electron chi connectivity index (χ2n) is 14.5. The molecular weight excluding hydrogens is 724 g/mol. The maximum atomic E-state index is 15.5. The van der Waals surface area contributed by atoms with Gasteiger partial charge in [0.1, 0.15) is 0 Å². The minimum Gasteiger partial charge on any atom is -0.311 e. The van der Waals surface area contributed by atoms with Crippen molar-refractivity contribution >= 4 is 57.2 Å². The van der Waals surface area contributed by atoms with Gasteiger partial charge < -0.3 is 14.4 Å². The number of anilines is 6. The van der Waals surface area contributed by atoms with Gasteiger partial charge in [-0.15, -0.1) is 0 Å². The predicted molar refractivity (Wildman–Crippen MR) is 245 cm³/mol. The van der Waals surface area contributed by atoms with Gasteiger partial charge in [0.2, 0.25) is 0 Å². The lowest BCUT2D eigenvalue weighted by Gasteiger charge is -2.25. The van der Waals surface area contributed by atoms with E-state index in [0.717, 1.165) is 83.4 Å². The van der Waals surface area contributed by atoms with Crippen LogP contribution in [-0.4, -0.2) is 0 Å². The van der Waals surface area contributed by atoms with Crippen LogP contribution in [0.3, 0.4) is 0 Å². The third kappa shape index (κ3) is 6.33. The second kappa shape index (κ2) is 15.0. The molecule has 3 nitrogen and oxygen atoms in total. The van der Waals surface area contributed by atoms with Gasteiger partial charge in [0.05, 0.1) is 0 Å². The molecule has 4 heteroatoms. The van der Waals surface area contributed by atoms with Crippen molar-refractivity contribution < 1.29 is 4.57 Å². The topological polar surface area (TPSA) is 23.6 Å². The van der Waals surface area contributed by atoms with E-state index in [1.54, 1.807) is 0 Å². The number of nitrogens with zero attached hydrogens (tertiary/aromatic N) is 2. The molecule has 0 aliphatic carbocycles. The Bertz CT molecular complexity index is 2620. The van der Waals surface area contributed by atoms with Crippen molar-refractivity contribution in [3.05, 3.63) is 237 Å². The second-order valence-corrected chi connectivity index (χ2v) is 17.2. The van der Waals surface area contributed by atoms with E-state index in [1.807, 2.05) is 54.6 Å². The summed E-state index contributed by atoms with van der Waals surface area (Å²) in [5, 5.41) is 2.64. The zero-order chi connectivity index (χ0) is 38.9. The van der Waals surface area contributed by atoms with Gasteiger partial charge in [0, 0.05) is 50.0 Å². The number of hydrogen-bond acceptors (Lipinski definition) is 3. The lowest BCUT2D eigenvalue weighted by atomic mass is 9.96. The molecule has 0 bridgehead atoms. The Labute approximate surface area is 340 Å². The van der Waals surface area contributed by atoms with E-state index >= 15 is 4.57 Å². The highest BCUT2D eigenvalue weighted by molar-refractivity contribution is 7.86. The Morgan fingerprint density at radius 1 is 0.276 bits per heavy atom. The van der Waals surface area contributed by atoms with Crippen LogP contribution in [0.4, 0.5) is 34.1 Å². The molecule has 0 saturated heterocycles. The van der Waals surface area contributed by atoms with Crippen molar-refractivity contribution in [2.75, 3.05) is 9.80 Å². The average Bonchev–Trinajstić information content (AvgIpc) is 3.56. The van der Waals surface area contributed by atoms with Gasteiger partial charge in [-0.3, -0.25) is 0 Å². The van der Waals surface area contributed by atoms with Crippen LogP contribution < -0.4 is 25.7 Å². The van der Waals surface area contributed by atoms with Crippen LogP contribution in [0.2, 0.25) is 0 Å². The van der Waals surface area contributed by atoms with Crippen molar-refractivity contribution in [3.63, 3.8) is 0 Å². The fourth-order valence-electron chi connectivity index (χ4n) is 8.27. The Kier molecular flexibility index (Phi) is 9.14. The fourth-order valence-corrected chi connectivity index (χ4v) is 11.3. The summed E-state index contributed by atoms with van der Waals surface area (Å²) in [6.07, 6.45) is 0. The number of benzene rings is 9. The van der Waals surface area contributed by atoms with Gasteiger partial charge in [-0.25, -0.2) is 0 Å². The molecule has 10 rings (SSSR count). The summed E-state index contributed by atoms with van der Waals surface area (Å²) in [7, 11) is -3.12. The summed E-state index contributed by atoms with van der Waals surface area (Å²) in [5.74, 6) is 0. The van der Waals surface area contributed by atoms with Gasteiger partial charge in [0.15, 0.2) is 7.14 Å². The lowest BCUT2D eigenvalue weighted by molar-refractivity contribution is 0.593. The quantitative estimate of drug-likeness (QED) is 0.137. The van der Waals surface area contributed by atoms with Gasteiger partial charge in [0.25, 0.3) is 0 Å². The van der Waals surface area contributed by atoms with Crippen LogP contribution in [0.5, 0.6) is 0 Å². The van der Waals surface area contributed by atoms with Crippen molar-refractivity contribution in [2.45, 2.75) is 0 Å². The van der Waals surface area contributed by atoms with E-state index in [0.29, 0.717) is 0 Å². The molecule has 1 aliphatic heterocycles. The zero-order valence-electron chi connectivity index (χ0n) is 31.8. The van der Waals surface area contributed by atoms with Gasteiger partial charge in [-0.05, 0) is 130 Å². The van der Waals surface area contributed by atoms with Crippen LogP contribution in [0.15, 0.2) is 237 Å². The van der Waals surface area contributed by atoms with Crippen LogP contribution >= 0.6 is 7.14 Å². The molecule has 0 saturated carbocycles. The standard InChI is InChI=1S/C54H39N2OP/c57-58(50-24-14-5-15-25-50)53-36-30-42(40-26-32-48(33-27-40)55(44-16-6-1-7-17-44)45-18-8-2-9-19-45)38-51(53)52-39-43(31-37-54(52)58)41-28-34-49(35-29-41)56(46-20-10-3-11-21-46)47-22-12-4-13-23-47/h1-39H. The van der Waals surface area contributed by atoms with Crippen LogP contribution in [0.25, 0.3) is 33.4 Å². The molecule has 0 spiro atoms. The molecule has 0 fully saturated rings. The van der Waals surface area contributed by atoms with E-state index in [1.165, 1.54) is 0 Å². The molecular formula is C54H39N2OP. The summed E-state index contributed by atoms with van der Waals surface area (Å²) in [5.41, 5.74) is 13.0. The minimum absolute atomic E-state index is 0.855. The van der Waals surface area contributed by atoms with Crippen LogP contribution in [-0.2, 0) is 4.57 Å². The molecule has 0 atom stereocenters. The SMILES string of the molecule is O=P1(c2ccccc2)c2ccc(-c3ccc(N(c4ccccc4)c4ccccc4)cc3)cc2-c2cc(-c3ccc(N(c4ccccc4)c4ccccc4)cc3)ccc21. The van der Waals surface area contributed by atoms with Gasteiger partial charge in [-0.1, -0.05) is 140 Å². The maximum Gasteiger partial charge on any atom is 0.172 e. The van der Waals surface area contributed by atoms with Crippen molar-refractivity contribution in [2.24, 2.45) is 0 Å². The third-order valence-corrected chi connectivity index (χ3v) is 14.2. The van der Waals surface area contributed by atoms with E-state index in [4.69, 9.17) is 0 Å². The molecule has 276 valence electrons. The first-order valence-corrected chi connectivity index (χ1v) is 21.3. The van der Waals surface area contributed by atoms with E-state index in [2.05, 4.69) is 192 Å². The molecule has 1 heterocycles. The zero-order valence-corrected chi connectivity index (χ0v) is 32.7. The van der Waals surface area contributed by atoms with Crippen molar-refractivity contribution in [1.29, 1.82) is 0 Å². The number of rotatable bonds is 9. The normalized spacial score (nSPS) is 12.3. The summed E-state index contributed by atoms with van der Waals surface area (Å²) in [4.78, 5) is 4.54. The number of para-hydroxylation sites is 4. The summed E-state index contributed by atoms with van der Waals surface area (Å²) in [6, 6.07) is 82.3. The summed E-state index contributed by atoms with van der Waals surface area (Å²) < 4.78 is 15.5. The van der Waals surface area contributed by atoms with Gasteiger partial charge in [-0.2, -0.15) is 0 Å². The Balaban J connectivity index is 1.04. The first-order chi connectivity index (χ1) is 28.6. The van der Waals surface area contributed by atoms with Crippen LogP contribution in [0, 0.1) is 0 Å². The highest BCUT2D eigenvalue weighted by Crippen LogP contribution is 2.53. The minimum atomic E-state index is -3.12. The van der Waals surface area contributed by atoms with Gasteiger partial charge >= 0.3 is 0 Å². The maximum absolute atomic E-state index is 15.5. The van der Waals surface area contributed by atoms with Crippen molar-refractivity contribution in [1.82, 2.24) is 0 Å². The smallest absolute Gasteiger partial charge is 0.172 e. The molecule has 0 radical (unpaired) electrons. The largest absolute Gasteiger partial charge is 0.311 e. The lowest BCUT2D eigenvalue weighted by Crippen LogP contribution is -2.20. The average molecular weight is 763 g/mol. The van der Waals surface area contributed by atoms with E-state index in [-0.39, 0.29) is 0 Å². The fraction of sp³-hybridized carbons (Fsp3) is 0. The Hall–Kier alpha value is -7.19. The highest BCUT2D eigenvalue weighted by atomic mass is 31.2. The number of fused-ring (bicyclic) bond motifs is 3. The highest BCUT2D eigenvalue weighted by Gasteiger charge is 2.40. The molecule has 0 aromatic heterocycles. The molecule has 58 heavy (non-hydrogen) atoms. The molecule has 9 aromatic rings. The molecule has 9 aromatic carbocycles. The first-order valence-electron chi connectivity index (χ1n) is 19.6. The predicted octanol–water partition coefficient (Wildman–Crippen LogP) is 13.6. The Morgan fingerprint density at radius 2 is 0.552 bits per heavy atom. The number of hydrogen-bond donors (Lipinski definition) is 0. The summed E-state index contributed by atoms with van der Waals surface area (Å²) in [6.45, 7) is 0. The molecule has 0 N–H and O–H groups in total. The first kappa shape index (κ1) is 35.2.